The predicted molar refractivity (Wildman–Crippen MR) is 80.5 cm³/mol. The Morgan fingerprint density at radius 1 is 1.12 bits per heavy atom. The zero-order chi connectivity index (χ0) is 18.2. The summed E-state index contributed by atoms with van der Waals surface area (Å²) in [6.07, 6.45) is -4.73. The van der Waals surface area contributed by atoms with Gasteiger partial charge in [-0.3, -0.25) is 4.79 Å². The zero-order valence-electron chi connectivity index (χ0n) is 11.8. The lowest BCUT2D eigenvalue weighted by Crippen LogP contribution is -2.09. The molecule has 2 nitrogen and oxygen atoms in total. The maximum Gasteiger partial charge on any atom is 0.417 e. The molecule has 0 spiro atoms. The summed E-state index contributed by atoms with van der Waals surface area (Å²) in [5, 5.41) is -1.21. The van der Waals surface area contributed by atoms with E-state index in [1.165, 1.54) is 6.92 Å². The number of ether oxygens (including phenoxy) is 1. The van der Waals surface area contributed by atoms with Crippen molar-refractivity contribution >= 4 is 32.8 Å². The molecule has 0 fully saturated rings. The average molecular weight is 430 g/mol. The lowest BCUT2D eigenvalue weighted by Gasteiger charge is -2.16. The van der Waals surface area contributed by atoms with Gasteiger partial charge < -0.3 is 4.74 Å². The SMILES string of the molecule is Cc1c(Oc2ccc(C(F)(F)F)c(Br)c2C(=O)Cl)ccc(F)c1F. The second-order valence-corrected chi connectivity index (χ2v) is 5.79. The fourth-order valence-corrected chi connectivity index (χ4v) is 2.94. The van der Waals surface area contributed by atoms with Gasteiger partial charge in [-0.1, -0.05) is 0 Å². The summed E-state index contributed by atoms with van der Waals surface area (Å²) in [5.41, 5.74) is -1.91. The Balaban J connectivity index is 2.58. The van der Waals surface area contributed by atoms with Crippen LogP contribution < -0.4 is 4.74 Å². The van der Waals surface area contributed by atoms with Crippen LogP contribution in [0, 0.1) is 18.6 Å². The van der Waals surface area contributed by atoms with Gasteiger partial charge in [-0.15, -0.1) is 0 Å². The number of halogens is 7. The van der Waals surface area contributed by atoms with Crippen LogP contribution in [0.15, 0.2) is 28.7 Å². The molecule has 0 atom stereocenters. The Bertz CT molecular complexity index is 820. The molecular formula is C15H7BrClF5O2. The Morgan fingerprint density at radius 3 is 2.25 bits per heavy atom. The third-order valence-electron chi connectivity index (χ3n) is 3.12. The molecule has 0 aliphatic carbocycles. The quantitative estimate of drug-likeness (QED) is 0.427. The first-order valence-electron chi connectivity index (χ1n) is 6.26. The Kier molecular flexibility index (Phi) is 5.19. The van der Waals surface area contributed by atoms with E-state index in [0.29, 0.717) is 6.07 Å². The van der Waals surface area contributed by atoms with Crippen molar-refractivity contribution in [1.82, 2.24) is 0 Å². The van der Waals surface area contributed by atoms with Crippen molar-refractivity contribution in [2.24, 2.45) is 0 Å². The fraction of sp³-hybridized carbons (Fsp3) is 0.133. The smallest absolute Gasteiger partial charge is 0.417 e. The lowest BCUT2D eigenvalue weighted by molar-refractivity contribution is -0.138. The molecule has 0 unspecified atom stereocenters. The van der Waals surface area contributed by atoms with E-state index in [4.69, 9.17) is 16.3 Å². The van der Waals surface area contributed by atoms with Crippen LogP contribution in [0.25, 0.3) is 0 Å². The first-order valence-corrected chi connectivity index (χ1v) is 7.43. The third kappa shape index (κ3) is 3.54. The summed E-state index contributed by atoms with van der Waals surface area (Å²) in [6, 6.07) is 3.43. The number of carbonyl (C=O) groups is 1. The van der Waals surface area contributed by atoms with Gasteiger partial charge in [0.25, 0.3) is 5.24 Å². The predicted octanol–water partition coefficient (Wildman–Crippen LogP) is 6.23. The number of hydrogen-bond donors (Lipinski definition) is 0. The van der Waals surface area contributed by atoms with E-state index in [9.17, 15) is 26.7 Å². The molecule has 0 aromatic heterocycles. The van der Waals surface area contributed by atoms with Gasteiger partial charge in [0, 0.05) is 10.0 Å². The standard InChI is InChI=1S/C15H7BrClF5O2/c1-6-9(5-3-8(18)13(6)19)24-10-4-2-7(15(20,21)22)12(16)11(10)14(17)23/h2-5H,1H3. The van der Waals surface area contributed by atoms with Crippen molar-refractivity contribution in [1.29, 1.82) is 0 Å². The molecule has 2 rings (SSSR count). The number of hydrogen-bond acceptors (Lipinski definition) is 2. The van der Waals surface area contributed by atoms with E-state index < -0.39 is 38.7 Å². The highest BCUT2D eigenvalue weighted by molar-refractivity contribution is 9.10. The average Bonchev–Trinajstić information content (AvgIpc) is 2.46. The van der Waals surface area contributed by atoms with E-state index in [1.807, 2.05) is 0 Å². The molecule has 0 aliphatic rings. The highest BCUT2D eigenvalue weighted by Crippen LogP contribution is 2.42. The largest absolute Gasteiger partial charge is 0.456 e. The Labute approximate surface area is 146 Å². The minimum Gasteiger partial charge on any atom is -0.456 e. The number of benzene rings is 2. The van der Waals surface area contributed by atoms with E-state index in [1.54, 1.807) is 0 Å². The maximum absolute atomic E-state index is 13.5. The van der Waals surface area contributed by atoms with Crippen LogP contribution in [0.2, 0.25) is 0 Å². The van der Waals surface area contributed by atoms with Crippen LogP contribution >= 0.6 is 27.5 Å². The second kappa shape index (κ2) is 6.68. The molecule has 0 radical (unpaired) electrons. The molecule has 0 N–H and O–H groups in total. The number of alkyl halides is 3. The first kappa shape index (κ1) is 18.7. The summed E-state index contributed by atoms with van der Waals surface area (Å²) < 4.78 is 70.0. The van der Waals surface area contributed by atoms with Gasteiger partial charge >= 0.3 is 6.18 Å². The summed E-state index contributed by atoms with van der Waals surface area (Å²) in [6.45, 7) is 1.22. The fourth-order valence-electron chi connectivity index (χ4n) is 1.91. The van der Waals surface area contributed by atoms with Gasteiger partial charge in [-0.2, -0.15) is 13.2 Å². The molecule has 0 heterocycles. The van der Waals surface area contributed by atoms with Gasteiger partial charge in [0.1, 0.15) is 11.5 Å². The normalized spacial score (nSPS) is 11.5. The molecular weight excluding hydrogens is 423 g/mol. The van der Waals surface area contributed by atoms with Gasteiger partial charge in [-0.25, -0.2) is 8.78 Å². The molecule has 128 valence electrons. The molecule has 0 bridgehead atoms. The molecule has 24 heavy (non-hydrogen) atoms. The van der Waals surface area contributed by atoms with Gasteiger partial charge in [0.05, 0.1) is 11.1 Å². The van der Waals surface area contributed by atoms with Gasteiger partial charge in [0.15, 0.2) is 11.6 Å². The van der Waals surface area contributed by atoms with Crippen LogP contribution in [0.5, 0.6) is 11.5 Å². The summed E-state index contributed by atoms with van der Waals surface area (Å²) >= 11 is 8.03. The first-order chi connectivity index (χ1) is 11.0. The number of rotatable bonds is 3. The van der Waals surface area contributed by atoms with Crippen LogP contribution in [-0.2, 0) is 6.18 Å². The molecule has 2 aromatic rings. The monoisotopic (exact) mass is 428 g/mol. The Hall–Kier alpha value is -1.67. The third-order valence-corrected chi connectivity index (χ3v) is 4.13. The van der Waals surface area contributed by atoms with Crippen molar-refractivity contribution in [2.45, 2.75) is 13.1 Å². The summed E-state index contributed by atoms with van der Waals surface area (Å²) in [4.78, 5) is 11.5. The molecule has 9 heteroatoms. The van der Waals surface area contributed by atoms with Crippen molar-refractivity contribution in [2.75, 3.05) is 0 Å². The van der Waals surface area contributed by atoms with Crippen LogP contribution in [0.3, 0.4) is 0 Å². The van der Waals surface area contributed by atoms with Crippen LogP contribution in [-0.4, -0.2) is 5.24 Å². The van der Waals surface area contributed by atoms with E-state index in [2.05, 4.69) is 15.9 Å². The second-order valence-electron chi connectivity index (χ2n) is 4.66. The molecule has 0 saturated heterocycles. The van der Waals surface area contributed by atoms with Gasteiger partial charge in [0.2, 0.25) is 0 Å². The molecule has 0 amide bonds. The zero-order valence-corrected chi connectivity index (χ0v) is 14.1. The van der Waals surface area contributed by atoms with Crippen molar-refractivity contribution in [3.8, 4) is 11.5 Å². The van der Waals surface area contributed by atoms with Crippen molar-refractivity contribution in [3.63, 3.8) is 0 Å². The maximum atomic E-state index is 13.5. The minimum absolute atomic E-state index is 0.167. The number of carbonyl (C=O) groups excluding carboxylic acids is 1. The minimum atomic E-state index is -4.73. The topological polar surface area (TPSA) is 26.3 Å². The van der Waals surface area contributed by atoms with Crippen LogP contribution in [0.1, 0.15) is 21.5 Å². The van der Waals surface area contributed by atoms with Crippen molar-refractivity contribution < 1.29 is 31.5 Å². The van der Waals surface area contributed by atoms with Crippen molar-refractivity contribution in [3.05, 3.63) is 57.1 Å². The summed E-state index contributed by atoms with van der Waals surface area (Å²) in [7, 11) is 0. The van der Waals surface area contributed by atoms with E-state index in [-0.39, 0.29) is 17.1 Å². The molecule has 2 aromatic carbocycles. The van der Waals surface area contributed by atoms with Crippen LogP contribution in [0.4, 0.5) is 22.0 Å². The molecule has 0 aliphatic heterocycles. The van der Waals surface area contributed by atoms with Gasteiger partial charge in [-0.05, 0) is 58.7 Å². The highest BCUT2D eigenvalue weighted by atomic mass is 79.9. The van der Waals surface area contributed by atoms with E-state index in [0.717, 1.165) is 18.2 Å². The Morgan fingerprint density at radius 2 is 1.71 bits per heavy atom. The highest BCUT2D eigenvalue weighted by Gasteiger charge is 2.35. The summed E-state index contributed by atoms with van der Waals surface area (Å²) in [5.74, 6) is -2.77. The lowest BCUT2D eigenvalue weighted by atomic mass is 10.1. The van der Waals surface area contributed by atoms with E-state index >= 15 is 0 Å². The molecule has 0 saturated carbocycles.